The Morgan fingerprint density at radius 1 is 1.42 bits per heavy atom. The first-order chi connectivity index (χ1) is 9.06. The number of halogens is 1. The Morgan fingerprint density at radius 3 is 2.89 bits per heavy atom. The lowest BCUT2D eigenvalue weighted by Crippen LogP contribution is -2.17. The average molecular weight is 279 g/mol. The van der Waals surface area contributed by atoms with E-state index >= 15 is 0 Å². The fraction of sp³-hybridized carbons (Fsp3) is 0.0769. The van der Waals surface area contributed by atoms with E-state index in [4.69, 9.17) is 16.0 Å². The first kappa shape index (κ1) is 13.2. The SMILES string of the molecule is Cc1ccc(/C=N\NC(=O)c2cc(Cl)ccc2O)o1. The van der Waals surface area contributed by atoms with Crippen molar-refractivity contribution in [3.05, 3.63) is 52.4 Å². The summed E-state index contributed by atoms with van der Waals surface area (Å²) >= 11 is 5.75. The molecule has 0 saturated carbocycles. The molecule has 19 heavy (non-hydrogen) atoms. The molecule has 1 amide bonds. The van der Waals surface area contributed by atoms with Gasteiger partial charge in [-0.1, -0.05) is 11.6 Å². The maximum Gasteiger partial charge on any atom is 0.275 e. The first-order valence-electron chi connectivity index (χ1n) is 5.44. The third kappa shape index (κ3) is 3.35. The summed E-state index contributed by atoms with van der Waals surface area (Å²) in [6.45, 7) is 1.81. The summed E-state index contributed by atoms with van der Waals surface area (Å²) in [5.74, 6) is 0.554. The van der Waals surface area contributed by atoms with Crippen LogP contribution in [0.15, 0.2) is 39.9 Å². The molecule has 1 heterocycles. The van der Waals surface area contributed by atoms with Gasteiger partial charge < -0.3 is 9.52 Å². The van der Waals surface area contributed by atoms with Crippen molar-refractivity contribution in [1.29, 1.82) is 0 Å². The Kier molecular flexibility index (Phi) is 3.87. The lowest BCUT2D eigenvalue weighted by molar-refractivity contribution is 0.0952. The molecule has 0 aliphatic carbocycles. The van der Waals surface area contributed by atoms with Crippen molar-refractivity contribution < 1.29 is 14.3 Å². The van der Waals surface area contributed by atoms with E-state index in [-0.39, 0.29) is 11.3 Å². The number of carbonyl (C=O) groups excluding carboxylic acids is 1. The summed E-state index contributed by atoms with van der Waals surface area (Å²) in [6.07, 6.45) is 1.37. The predicted molar refractivity (Wildman–Crippen MR) is 71.6 cm³/mol. The maximum absolute atomic E-state index is 11.7. The lowest BCUT2D eigenvalue weighted by atomic mass is 10.2. The second-order valence-electron chi connectivity index (χ2n) is 3.81. The summed E-state index contributed by atoms with van der Waals surface area (Å²) in [5.41, 5.74) is 2.33. The maximum atomic E-state index is 11.7. The van der Waals surface area contributed by atoms with Gasteiger partial charge in [-0.15, -0.1) is 0 Å². The Balaban J connectivity index is 2.05. The highest BCUT2D eigenvalue weighted by Gasteiger charge is 2.10. The van der Waals surface area contributed by atoms with Gasteiger partial charge in [0.1, 0.15) is 17.3 Å². The van der Waals surface area contributed by atoms with E-state index < -0.39 is 5.91 Å². The second kappa shape index (κ2) is 5.58. The third-order valence-corrected chi connectivity index (χ3v) is 2.56. The fourth-order valence-electron chi connectivity index (χ4n) is 1.43. The van der Waals surface area contributed by atoms with Crippen LogP contribution in [0.4, 0.5) is 0 Å². The zero-order valence-corrected chi connectivity index (χ0v) is 10.8. The number of nitrogens with zero attached hydrogens (tertiary/aromatic N) is 1. The van der Waals surface area contributed by atoms with Gasteiger partial charge in [-0.05, 0) is 37.3 Å². The van der Waals surface area contributed by atoms with Crippen LogP contribution < -0.4 is 5.43 Å². The lowest BCUT2D eigenvalue weighted by Gasteiger charge is -2.02. The van der Waals surface area contributed by atoms with E-state index in [1.165, 1.54) is 24.4 Å². The third-order valence-electron chi connectivity index (χ3n) is 2.32. The molecule has 0 aliphatic heterocycles. The molecule has 2 N–H and O–H groups in total. The number of amides is 1. The van der Waals surface area contributed by atoms with Crippen LogP contribution in [-0.4, -0.2) is 17.2 Å². The molecule has 5 nitrogen and oxygen atoms in total. The van der Waals surface area contributed by atoms with Crippen molar-refractivity contribution in [3.8, 4) is 5.75 Å². The topological polar surface area (TPSA) is 74.8 Å². The van der Waals surface area contributed by atoms with Crippen molar-refractivity contribution in [2.75, 3.05) is 0 Å². The average Bonchev–Trinajstić information content (AvgIpc) is 2.78. The van der Waals surface area contributed by atoms with E-state index in [0.717, 1.165) is 5.76 Å². The molecule has 2 rings (SSSR count). The molecular weight excluding hydrogens is 268 g/mol. The predicted octanol–water partition coefficient (Wildman–Crippen LogP) is 2.71. The largest absolute Gasteiger partial charge is 0.507 e. The zero-order valence-electron chi connectivity index (χ0n) is 10.1. The number of phenolic OH excluding ortho intramolecular Hbond substituents is 1. The molecule has 0 spiro atoms. The van der Waals surface area contributed by atoms with Crippen molar-refractivity contribution in [1.82, 2.24) is 5.43 Å². The summed E-state index contributed by atoms with van der Waals surface area (Å²) in [6, 6.07) is 7.70. The summed E-state index contributed by atoms with van der Waals surface area (Å²) in [7, 11) is 0. The van der Waals surface area contributed by atoms with Crippen molar-refractivity contribution in [3.63, 3.8) is 0 Å². The molecule has 6 heteroatoms. The number of carbonyl (C=O) groups is 1. The van der Waals surface area contributed by atoms with E-state index in [1.807, 2.05) is 0 Å². The Hall–Kier alpha value is -2.27. The molecule has 0 fully saturated rings. The smallest absolute Gasteiger partial charge is 0.275 e. The van der Waals surface area contributed by atoms with Gasteiger partial charge in [0.05, 0.1) is 11.8 Å². The number of nitrogens with one attached hydrogen (secondary N) is 1. The number of rotatable bonds is 3. The van der Waals surface area contributed by atoms with Gasteiger partial charge in [0.25, 0.3) is 5.91 Å². The Labute approximate surface area is 114 Å². The van der Waals surface area contributed by atoms with E-state index in [2.05, 4.69) is 10.5 Å². The molecule has 1 aromatic heterocycles. The van der Waals surface area contributed by atoms with E-state index in [0.29, 0.717) is 10.8 Å². The van der Waals surface area contributed by atoms with Crippen molar-refractivity contribution in [2.45, 2.75) is 6.92 Å². The standard InChI is InChI=1S/C13H11ClN2O3/c1-8-2-4-10(19-8)7-15-16-13(18)11-6-9(14)3-5-12(11)17/h2-7,17H,1H3,(H,16,18)/b15-7-. The van der Waals surface area contributed by atoms with Gasteiger partial charge in [-0.2, -0.15) is 5.10 Å². The van der Waals surface area contributed by atoms with Gasteiger partial charge in [0.2, 0.25) is 0 Å². The minimum atomic E-state index is -0.556. The van der Waals surface area contributed by atoms with E-state index in [1.54, 1.807) is 19.1 Å². The molecule has 0 saturated heterocycles. The van der Waals surface area contributed by atoms with Gasteiger partial charge in [-0.3, -0.25) is 4.79 Å². The van der Waals surface area contributed by atoms with Crippen LogP contribution in [0.3, 0.4) is 0 Å². The summed E-state index contributed by atoms with van der Waals surface area (Å²) < 4.78 is 5.24. The molecule has 2 aromatic rings. The molecule has 98 valence electrons. The molecule has 1 aromatic carbocycles. The fourth-order valence-corrected chi connectivity index (χ4v) is 1.60. The van der Waals surface area contributed by atoms with Crippen LogP contribution in [0.2, 0.25) is 5.02 Å². The van der Waals surface area contributed by atoms with Gasteiger partial charge in [0.15, 0.2) is 0 Å². The van der Waals surface area contributed by atoms with Crippen LogP contribution in [0.1, 0.15) is 21.9 Å². The van der Waals surface area contributed by atoms with Crippen LogP contribution in [0.5, 0.6) is 5.75 Å². The summed E-state index contributed by atoms with van der Waals surface area (Å²) in [4.78, 5) is 11.7. The monoisotopic (exact) mass is 278 g/mol. The number of benzene rings is 1. The number of hydrogen-bond acceptors (Lipinski definition) is 4. The minimum absolute atomic E-state index is 0.0558. The number of hydrogen-bond donors (Lipinski definition) is 2. The zero-order chi connectivity index (χ0) is 13.8. The molecule has 0 bridgehead atoms. The van der Waals surface area contributed by atoms with E-state index in [9.17, 15) is 9.90 Å². The number of aromatic hydroxyl groups is 1. The van der Waals surface area contributed by atoms with Crippen LogP contribution in [0.25, 0.3) is 0 Å². The summed E-state index contributed by atoms with van der Waals surface area (Å²) in [5, 5.41) is 13.6. The highest BCUT2D eigenvalue weighted by molar-refractivity contribution is 6.31. The van der Waals surface area contributed by atoms with Crippen LogP contribution in [0, 0.1) is 6.92 Å². The van der Waals surface area contributed by atoms with Crippen molar-refractivity contribution in [2.24, 2.45) is 5.10 Å². The van der Waals surface area contributed by atoms with Gasteiger partial charge in [-0.25, -0.2) is 5.43 Å². The molecule has 0 radical (unpaired) electrons. The van der Waals surface area contributed by atoms with Crippen molar-refractivity contribution >= 4 is 23.7 Å². The number of furan rings is 1. The molecule has 0 aliphatic rings. The van der Waals surface area contributed by atoms with Gasteiger partial charge in [0, 0.05) is 5.02 Å². The molecule has 0 unspecified atom stereocenters. The first-order valence-corrected chi connectivity index (χ1v) is 5.82. The highest BCUT2D eigenvalue weighted by atomic mass is 35.5. The minimum Gasteiger partial charge on any atom is -0.507 e. The molecule has 0 atom stereocenters. The quantitative estimate of drug-likeness (QED) is 0.669. The second-order valence-corrected chi connectivity index (χ2v) is 4.25. The normalized spacial score (nSPS) is 10.8. The van der Waals surface area contributed by atoms with Gasteiger partial charge >= 0.3 is 0 Å². The molecular formula is C13H11ClN2O3. The number of phenols is 1. The number of aryl methyl sites for hydroxylation is 1. The highest BCUT2D eigenvalue weighted by Crippen LogP contribution is 2.21. The van der Waals surface area contributed by atoms with Crippen LogP contribution in [-0.2, 0) is 0 Å². The Bertz CT molecular complexity index is 635. The number of hydrazone groups is 1. The van der Waals surface area contributed by atoms with Crippen LogP contribution >= 0.6 is 11.6 Å². The Morgan fingerprint density at radius 2 is 2.21 bits per heavy atom.